The quantitative estimate of drug-likeness (QED) is 0.387. The molecule has 5 heteroatoms. The molecule has 0 saturated carbocycles. The molecule has 2 unspecified atom stereocenters. The number of epoxide rings is 1. The highest BCUT2D eigenvalue weighted by Crippen LogP contribution is 2.38. The fourth-order valence-corrected chi connectivity index (χ4v) is 2.87. The van der Waals surface area contributed by atoms with Gasteiger partial charge in [-0.1, -0.05) is 6.08 Å². The van der Waals surface area contributed by atoms with Crippen molar-refractivity contribution in [3.63, 3.8) is 0 Å². The molecular weight excluding hydrogens is 416 g/mol. The third-order valence-corrected chi connectivity index (χ3v) is 5.83. The molecule has 2 rings (SSSR count). The number of rotatable bonds is 5. The minimum Gasteiger partial charge on any atom is -0.490 e. The molecule has 1 fully saturated rings. The Morgan fingerprint density at radius 3 is 2.71 bits per heavy atom. The second kappa shape index (κ2) is 5.87. The molecular formula is C12H11Br3O2. The molecule has 1 aromatic carbocycles. The molecule has 0 aliphatic carbocycles. The van der Waals surface area contributed by atoms with Gasteiger partial charge in [0.15, 0.2) is 0 Å². The van der Waals surface area contributed by atoms with Gasteiger partial charge >= 0.3 is 0 Å². The highest BCUT2D eigenvalue weighted by molar-refractivity contribution is 9.14. The molecule has 2 nitrogen and oxygen atoms in total. The van der Waals surface area contributed by atoms with Crippen LogP contribution in [0.15, 0.2) is 38.2 Å². The fourth-order valence-electron chi connectivity index (χ4n) is 1.49. The van der Waals surface area contributed by atoms with Gasteiger partial charge in [0.1, 0.15) is 18.5 Å². The molecule has 0 spiro atoms. The van der Waals surface area contributed by atoms with E-state index < -0.39 is 0 Å². The molecule has 92 valence electrons. The van der Waals surface area contributed by atoms with Gasteiger partial charge < -0.3 is 9.47 Å². The van der Waals surface area contributed by atoms with Crippen LogP contribution < -0.4 is 4.74 Å². The van der Waals surface area contributed by atoms with Gasteiger partial charge in [-0.2, -0.15) is 0 Å². The number of halogens is 3. The third-order valence-electron chi connectivity index (χ3n) is 2.49. The number of hydrogen-bond donors (Lipinski definition) is 0. The lowest BCUT2D eigenvalue weighted by Gasteiger charge is -2.09. The maximum atomic E-state index is 5.72. The van der Waals surface area contributed by atoms with Gasteiger partial charge in [-0.3, -0.25) is 0 Å². The van der Waals surface area contributed by atoms with Crippen LogP contribution in [0.4, 0.5) is 0 Å². The van der Waals surface area contributed by atoms with Crippen molar-refractivity contribution in [1.82, 2.24) is 0 Å². The van der Waals surface area contributed by atoms with E-state index in [1.54, 1.807) is 0 Å². The largest absolute Gasteiger partial charge is 0.490 e. The molecule has 0 aromatic heterocycles. The summed E-state index contributed by atoms with van der Waals surface area (Å²) in [5.41, 5.74) is 0. The molecule has 0 amide bonds. The van der Waals surface area contributed by atoms with Crippen molar-refractivity contribution in [1.29, 1.82) is 0 Å². The van der Waals surface area contributed by atoms with Gasteiger partial charge in [0.05, 0.1) is 10.6 Å². The molecule has 1 heterocycles. The fraction of sp³-hybridized carbons (Fsp3) is 0.333. The lowest BCUT2D eigenvalue weighted by molar-refractivity contribution is 0.259. The van der Waals surface area contributed by atoms with Crippen LogP contribution in [0.1, 0.15) is 6.42 Å². The maximum absolute atomic E-state index is 5.72. The van der Waals surface area contributed by atoms with E-state index in [1.807, 2.05) is 18.2 Å². The van der Waals surface area contributed by atoms with Crippen molar-refractivity contribution in [2.75, 3.05) is 6.61 Å². The summed E-state index contributed by atoms with van der Waals surface area (Å²) in [5, 5.41) is 0. The van der Waals surface area contributed by atoms with Gasteiger partial charge in [0.25, 0.3) is 0 Å². The van der Waals surface area contributed by atoms with Crippen molar-refractivity contribution in [2.24, 2.45) is 0 Å². The first kappa shape index (κ1) is 13.6. The predicted octanol–water partition coefficient (Wildman–Crippen LogP) is 4.70. The average Bonchev–Trinajstić information content (AvgIpc) is 3.04. The topological polar surface area (TPSA) is 21.8 Å². The minimum absolute atomic E-state index is 0.197. The lowest BCUT2D eigenvalue weighted by Crippen LogP contribution is -2.07. The second-order valence-corrected chi connectivity index (χ2v) is 6.16. The van der Waals surface area contributed by atoms with Crippen LogP contribution in [0.5, 0.6) is 5.75 Å². The molecule has 2 atom stereocenters. The average molecular weight is 427 g/mol. The molecule has 0 N–H and O–H groups in total. The molecule has 0 radical (unpaired) electrons. The summed E-state index contributed by atoms with van der Waals surface area (Å²) in [5.74, 6) is 0.813. The van der Waals surface area contributed by atoms with Crippen molar-refractivity contribution in [3.8, 4) is 5.75 Å². The van der Waals surface area contributed by atoms with Gasteiger partial charge in [-0.25, -0.2) is 0 Å². The van der Waals surface area contributed by atoms with Crippen LogP contribution >= 0.6 is 47.8 Å². The Labute approximate surface area is 126 Å². The summed E-state index contributed by atoms with van der Waals surface area (Å²) in [7, 11) is 0. The standard InChI is InChI=1S/C12H11Br3O2/c1-2-3-8-10(17-8)6-16-9-5-4-7(13)11(14)12(9)15/h2,4-5,8,10H,1,3,6H2. The van der Waals surface area contributed by atoms with E-state index in [0.717, 1.165) is 25.6 Å². The van der Waals surface area contributed by atoms with Crippen LogP contribution in [0.2, 0.25) is 0 Å². The summed E-state index contributed by atoms with van der Waals surface area (Å²) in [6.45, 7) is 4.26. The van der Waals surface area contributed by atoms with Gasteiger partial charge in [0.2, 0.25) is 0 Å². The van der Waals surface area contributed by atoms with Crippen LogP contribution in [0.3, 0.4) is 0 Å². The highest BCUT2D eigenvalue weighted by atomic mass is 79.9. The van der Waals surface area contributed by atoms with Crippen molar-refractivity contribution < 1.29 is 9.47 Å². The van der Waals surface area contributed by atoms with E-state index in [-0.39, 0.29) is 12.2 Å². The first-order chi connectivity index (χ1) is 8.13. The zero-order valence-electron chi connectivity index (χ0n) is 8.96. The number of benzene rings is 1. The molecule has 0 bridgehead atoms. The molecule has 1 aromatic rings. The molecule has 17 heavy (non-hydrogen) atoms. The van der Waals surface area contributed by atoms with E-state index in [0.29, 0.717) is 6.61 Å². The monoisotopic (exact) mass is 424 g/mol. The van der Waals surface area contributed by atoms with Crippen molar-refractivity contribution in [2.45, 2.75) is 18.6 Å². The lowest BCUT2D eigenvalue weighted by atomic mass is 10.2. The Morgan fingerprint density at radius 1 is 1.24 bits per heavy atom. The van der Waals surface area contributed by atoms with E-state index in [2.05, 4.69) is 54.4 Å². The van der Waals surface area contributed by atoms with E-state index >= 15 is 0 Å². The van der Waals surface area contributed by atoms with E-state index in [9.17, 15) is 0 Å². The van der Waals surface area contributed by atoms with E-state index in [4.69, 9.17) is 9.47 Å². The smallest absolute Gasteiger partial charge is 0.134 e. The van der Waals surface area contributed by atoms with E-state index in [1.165, 1.54) is 0 Å². The van der Waals surface area contributed by atoms with Crippen LogP contribution in [-0.4, -0.2) is 18.8 Å². The molecule has 1 saturated heterocycles. The Kier molecular flexibility index (Phi) is 4.69. The Bertz CT molecular complexity index is 434. The first-order valence-corrected chi connectivity index (χ1v) is 7.54. The normalized spacial score (nSPS) is 22.3. The zero-order chi connectivity index (χ0) is 12.4. The van der Waals surface area contributed by atoms with Gasteiger partial charge in [0, 0.05) is 8.95 Å². The molecule has 1 aliphatic rings. The van der Waals surface area contributed by atoms with Gasteiger partial charge in [-0.05, 0) is 66.3 Å². The Balaban J connectivity index is 1.92. The molecule has 1 aliphatic heterocycles. The SMILES string of the molecule is C=CCC1OC1COc1ccc(Br)c(Br)c1Br. The number of hydrogen-bond acceptors (Lipinski definition) is 2. The summed E-state index contributed by atoms with van der Waals surface area (Å²) in [4.78, 5) is 0. The minimum atomic E-state index is 0.197. The van der Waals surface area contributed by atoms with Crippen molar-refractivity contribution in [3.05, 3.63) is 38.2 Å². The Morgan fingerprint density at radius 2 is 2.00 bits per heavy atom. The maximum Gasteiger partial charge on any atom is 0.134 e. The summed E-state index contributed by atoms with van der Waals surface area (Å²) in [6, 6.07) is 3.86. The van der Waals surface area contributed by atoms with Gasteiger partial charge in [-0.15, -0.1) is 6.58 Å². The summed E-state index contributed by atoms with van der Waals surface area (Å²) in [6.07, 6.45) is 3.24. The van der Waals surface area contributed by atoms with Crippen molar-refractivity contribution >= 4 is 47.8 Å². The first-order valence-electron chi connectivity index (χ1n) is 5.16. The van der Waals surface area contributed by atoms with Crippen LogP contribution in [-0.2, 0) is 4.74 Å². The highest BCUT2D eigenvalue weighted by Gasteiger charge is 2.38. The zero-order valence-corrected chi connectivity index (χ0v) is 13.7. The number of ether oxygens (including phenoxy) is 2. The van der Waals surface area contributed by atoms with Crippen LogP contribution in [0.25, 0.3) is 0 Å². The summed E-state index contributed by atoms with van der Waals surface area (Å²) >= 11 is 10.4. The second-order valence-electron chi connectivity index (χ2n) is 3.72. The predicted molar refractivity (Wildman–Crippen MR) is 78.5 cm³/mol. The van der Waals surface area contributed by atoms with Crippen LogP contribution in [0, 0.1) is 0 Å². The third kappa shape index (κ3) is 3.34. The summed E-state index contributed by atoms with van der Waals surface area (Å²) < 4.78 is 14.0. The Hall–Kier alpha value is 0.160.